The number of rotatable bonds is 8. The van der Waals surface area contributed by atoms with Gasteiger partial charge in [-0.25, -0.2) is 9.97 Å². The molecule has 2 aliphatic heterocycles. The fourth-order valence-corrected chi connectivity index (χ4v) is 7.95. The van der Waals surface area contributed by atoms with Crippen LogP contribution in [0.4, 0.5) is 21.6 Å². The minimum Gasteiger partial charge on any atom is -0.369 e. The second-order valence-electron chi connectivity index (χ2n) is 11.4. The zero-order valence-electron chi connectivity index (χ0n) is 24.9. The van der Waals surface area contributed by atoms with Crippen LogP contribution in [0, 0.1) is 0 Å². The molecule has 2 aliphatic rings. The van der Waals surface area contributed by atoms with Crippen molar-refractivity contribution in [2.75, 3.05) is 85.9 Å². The van der Waals surface area contributed by atoms with Crippen LogP contribution in [0.15, 0.2) is 60.7 Å². The summed E-state index contributed by atoms with van der Waals surface area (Å²) in [6.07, 6.45) is 0. The normalized spacial score (nSPS) is 16.3. The van der Waals surface area contributed by atoms with Crippen LogP contribution in [0.25, 0.3) is 20.4 Å². The Hall–Kier alpha value is -3.52. The highest BCUT2D eigenvalue weighted by Gasteiger charge is 2.22. The van der Waals surface area contributed by atoms with Gasteiger partial charge in [0.25, 0.3) is 0 Å². The van der Waals surface area contributed by atoms with Gasteiger partial charge in [0.2, 0.25) is 11.8 Å². The zero-order valence-corrected chi connectivity index (χ0v) is 28.1. The first-order valence-corrected chi connectivity index (χ1v) is 17.5. The summed E-state index contributed by atoms with van der Waals surface area (Å²) in [6, 6.07) is 19.7. The van der Waals surface area contributed by atoms with Gasteiger partial charge in [0.05, 0.1) is 33.5 Å². The molecule has 0 radical (unpaired) electrons. The maximum Gasteiger partial charge on any atom is 0.240 e. The Labute approximate surface area is 284 Å². The molecule has 0 bridgehead atoms. The second-order valence-corrected chi connectivity index (χ2v) is 14.3. The number of amides is 2. The van der Waals surface area contributed by atoms with E-state index in [1.54, 1.807) is 0 Å². The van der Waals surface area contributed by atoms with E-state index in [0.29, 0.717) is 23.4 Å². The molecule has 0 saturated carbocycles. The summed E-state index contributed by atoms with van der Waals surface area (Å²) < 4.78 is 1.92. The topological polar surface area (TPSA) is 96.9 Å². The third-order valence-corrected chi connectivity index (χ3v) is 10.6. The van der Waals surface area contributed by atoms with Gasteiger partial charge in [0.1, 0.15) is 0 Å². The molecule has 14 heteroatoms. The summed E-state index contributed by atoms with van der Waals surface area (Å²) in [6.45, 7) is 7.26. The fourth-order valence-electron chi connectivity index (χ4n) is 5.81. The standard InChI is InChI=1S/C32H32Cl2N8O2S2/c33-21-1-5-23(6-2-21)41-13-9-39(10-14-41)19-29(43)37-31-35-25-17-26-28(18-27(25)45-31)46-32(36-26)38-30(44)20-40-11-15-42(16-12-40)24-7-3-22(34)4-8-24/h1-8,17-18H,9-16,19-20H2,(H,35,37,43)(H,36,38,44). The summed E-state index contributed by atoms with van der Waals surface area (Å²) >= 11 is 14.9. The lowest BCUT2D eigenvalue weighted by molar-refractivity contribution is -0.118. The highest BCUT2D eigenvalue weighted by Crippen LogP contribution is 2.34. The quantitative estimate of drug-likeness (QED) is 0.213. The average molecular weight is 696 g/mol. The van der Waals surface area contributed by atoms with Crippen LogP contribution in [0.2, 0.25) is 10.0 Å². The van der Waals surface area contributed by atoms with Crippen molar-refractivity contribution in [3.05, 3.63) is 70.7 Å². The van der Waals surface area contributed by atoms with E-state index in [1.165, 1.54) is 22.7 Å². The average Bonchev–Trinajstić information content (AvgIpc) is 3.62. The van der Waals surface area contributed by atoms with Crippen LogP contribution in [0.3, 0.4) is 0 Å². The van der Waals surface area contributed by atoms with Crippen LogP contribution in [-0.2, 0) is 9.59 Å². The number of piperazine rings is 2. The molecule has 5 aromatic rings. The Morgan fingerprint density at radius 1 is 0.609 bits per heavy atom. The summed E-state index contributed by atoms with van der Waals surface area (Å²) in [7, 11) is 0. The van der Waals surface area contributed by atoms with E-state index in [0.717, 1.165) is 94.2 Å². The zero-order chi connectivity index (χ0) is 31.6. The van der Waals surface area contributed by atoms with Crippen molar-refractivity contribution in [1.82, 2.24) is 19.8 Å². The molecule has 0 unspecified atom stereocenters. The molecule has 7 rings (SSSR count). The summed E-state index contributed by atoms with van der Waals surface area (Å²) in [4.78, 5) is 43.9. The van der Waals surface area contributed by atoms with Crippen molar-refractivity contribution >= 4 is 99.8 Å². The van der Waals surface area contributed by atoms with E-state index in [1.807, 2.05) is 60.7 Å². The minimum absolute atomic E-state index is 0.0738. The van der Waals surface area contributed by atoms with Gasteiger partial charge in [0.15, 0.2) is 10.3 Å². The SMILES string of the molecule is O=C(CN1CCN(c2ccc(Cl)cc2)CC1)Nc1nc2cc3nc(NC(=O)CN4CCN(c5ccc(Cl)cc5)CC4)sc3cc2s1. The molecule has 2 saturated heterocycles. The summed E-state index contributed by atoms with van der Waals surface area (Å²) in [5.41, 5.74) is 3.83. The number of aromatic nitrogens is 2. The summed E-state index contributed by atoms with van der Waals surface area (Å²) in [5, 5.41) is 8.55. The lowest BCUT2D eigenvalue weighted by Gasteiger charge is -2.35. The largest absolute Gasteiger partial charge is 0.369 e. The van der Waals surface area contributed by atoms with Crippen LogP contribution in [-0.4, -0.2) is 97.0 Å². The van der Waals surface area contributed by atoms with Crippen LogP contribution in [0.5, 0.6) is 0 Å². The van der Waals surface area contributed by atoms with Gasteiger partial charge in [-0.2, -0.15) is 0 Å². The molecule has 0 spiro atoms. The van der Waals surface area contributed by atoms with Crippen LogP contribution < -0.4 is 20.4 Å². The fraction of sp³-hybridized carbons (Fsp3) is 0.312. The molecule has 0 aliphatic carbocycles. The van der Waals surface area contributed by atoms with E-state index in [2.05, 4.69) is 40.2 Å². The Morgan fingerprint density at radius 2 is 1.00 bits per heavy atom. The van der Waals surface area contributed by atoms with Crippen molar-refractivity contribution in [3.8, 4) is 0 Å². The van der Waals surface area contributed by atoms with Crippen molar-refractivity contribution in [1.29, 1.82) is 0 Å². The molecule has 2 N–H and O–H groups in total. The molecule has 4 heterocycles. The lowest BCUT2D eigenvalue weighted by atomic mass is 10.2. The number of thiazole rings is 2. The van der Waals surface area contributed by atoms with Crippen LogP contribution in [0.1, 0.15) is 0 Å². The van der Waals surface area contributed by atoms with Gasteiger partial charge in [0, 0.05) is 73.8 Å². The molecular formula is C32H32Cl2N8O2S2. The molecule has 46 heavy (non-hydrogen) atoms. The number of anilines is 4. The predicted octanol–water partition coefficient (Wildman–Crippen LogP) is 5.73. The molecule has 2 aromatic heterocycles. The van der Waals surface area contributed by atoms with Gasteiger partial charge in [-0.1, -0.05) is 45.9 Å². The van der Waals surface area contributed by atoms with E-state index in [-0.39, 0.29) is 11.8 Å². The third-order valence-electron chi connectivity index (χ3n) is 8.25. The molecule has 238 valence electrons. The van der Waals surface area contributed by atoms with Crippen LogP contribution >= 0.6 is 45.9 Å². The number of fused-ring (bicyclic) bond motifs is 2. The van der Waals surface area contributed by atoms with Gasteiger partial charge >= 0.3 is 0 Å². The van der Waals surface area contributed by atoms with Gasteiger partial charge < -0.3 is 20.4 Å². The van der Waals surface area contributed by atoms with Gasteiger partial charge in [-0.05, 0) is 60.7 Å². The van der Waals surface area contributed by atoms with Gasteiger partial charge in [-0.15, -0.1) is 0 Å². The maximum absolute atomic E-state index is 12.8. The van der Waals surface area contributed by atoms with E-state index < -0.39 is 0 Å². The van der Waals surface area contributed by atoms with Crippen molar-refractivity contribution in [2.45, 2.75) is 0 Å². The first-order valence-electron chi connectivity index (χ1n) is 15.1. The number of carbonyl (C=O) groups is 2. The van der Waals surface area contributed by atoms with Crippen molar-refractivity contribution in [3.63, 3.8) is 0 Å². The first kappa shape index (κ1) is 31.1. The highest BCUT2D eigenvalue weighted by molar-refractivity contribution is 7.24. The summed E-state index contributed by atoms with van der Waals surface area (Å²) in [5.74, 6) is -0.148. The highest BCUT2D eigenvalue weighted by atomic mass is 35.5. The minimum atomic E-state index is -0.0738. The smallest absolute Gasteiger partial charge is 0.240 e. The number of halogens is 2. The Kier molecular flexibility index (Phi) is 9.25. The lowest BCUT2D eigenvalue weighted by Crippen LogP contribution is -2.48. The van der Waals surface area contributed by atoms with E-state index >= 15 is 0 Å². The second kappa shape index (κ2) is 13.7. The number of hydrogen-bond donors (Lipinski definition) is 2. The molecular weight excluding hydrogens is 663 g/mol. The van der Waals surface area contributed by atoms with Crippen molar-refractivity contribution < 1.29 is 9.59 Å². The number of benzene rings is 3. The number of hydrogen-bond acceptors (Lipinski definition) is 10. The molecule has 0 atom stereocenters. The van der Waals surface area contributed by atoms with Crippen molar-refractivity contribution in [2.24, 2.45) is 0 Å². The third kappa shape index (κ3) is 7.38. The number of carbonyl (C=O) groups excluding carboxylic acids is 2. The number of nitrogens with zero attached hydrogens (tertiary/aromatic N) is 6. The predicted molar refractivity (Wildman–Crippen MR) is 190 cm³/mol. The Morgan fingerprint density at radius 3 is 1.39 bits per heavy atom. The number of nitrogens with one attached hydrogen (secondary N) is 2. The Balaban J connectivity index is 0.891. The maximum atomic E-state index is 12.8. The van der Waals surface area contributed by atoms with Gasteiger partial charge in [-0.3, -0.25) is 19.4 Å². The van der Waals surface area contributed by atoms with E-state index in [9.17, 15) is 9.59 Å². The Bertz CT molecular complexity index is 1670. The van der Waals surface area contributed by atoms with E-state index in [4.69, 9.17) is 23.2 Å². The monoisotopic (exact) mass is 694 g/mol. The molecule has 3 aromatic carbocycles. The first-order chi connectivity index (χ1) is 22.3. The molecule has 2 amide bonds. The molecule has 10 nitrogen and oxygen atoms in total. The molecule has 2 fully saturated rings.